The Balaban J connectivity index is -0.0000000396. The van der Waals surface area contributed by atoms with E-state index in [1.54, 1.807) is 0 Å². The lowest BCUT2D eigenvalue weighted by Gasteiger charge is -2.06. The van der Waals surface area contributed by atoms with E-state index in [9.17, 15) is 8.42 Å². The van der Waals surface area contributed by atoms with E-state index in [0.29, 0.717) is 17.6 Å². The molecule has 0 aromatic heterocycles. The van der Waals surface area contributed by atoms with Crippen LogP contribution in [0.15, 0.2) is 0 Å². The van der Waals surface area contributed by atoms with E-state index in [0.717, 1.165) is 57.3 Å². The highest BCUT2D eigenvalue weighted by Gasteiger charge is 2.03. The lowest BCUT2D eigenvalue weighted by atomic mass is 10.2. The van der Waals surface area contributed by atoms with E-state index >= 15 is 0 Å². The van der Waals surface area contributed by atoms with Gasteiger partial charge in [-0.25, -0.2) is 0 Å². The molecule has 0 aliphatic rings. The number of ether oxygens (including phenoxy) is 2. The molecule has 0 fully saturated rings. The second kappa shape index (κ2) is 131. The number of hydrogen-bond acceptors (Lipinski definition) is 7. The van der Waals surface area contributed by atoms with Crippen molar-refractivity contribution in [3.63, 3.8) is 0 Å². The fourth-order valence-corrected chi connectivity index (χ4v) is 4.15. The van der Waals surface area contributed by atoms with Crippen molar-refractivity contribution in [1.29, 1.82) is 0 Å². The standard InChI is InChI=1S/C9H21NOS.C9H20O4S2.11C3H8/c1-9(2)8-11-5-3-6-12-7-4-10;1-9(2)8-13-4-3-5-14-6-7-15(10,11)12;11*1-3-2/h9H,3-8,10H2,1-2H3;9H,3-8H2,1-2H3,(H,10,11,12);11*3H2,1-2H3. The Labute approximate surface area is 396 Å². The maximum absolute atomic E-state index is 10.4. The molecule has 386 valence electrons. The van der Waals surface area contributed by atoms with Gasteiger partial charge in [0.25, 0.3) is 10.1 Å². The molecule has 0 heterocycles. The van der Waals surface area contributed by atoms with Gasteiger partial charge in [-0.3, -0.25) is 4.55 Å². The van der Waals surface area contributed by atoms with Crippen molar-refractivity contribution in [3.8, 4) is 0 Å². The zero-order chi connectivity index (χ0) is 50.7. The van der Waals surface area contributed by atoms with Gasteiger partial charge in [-0.2, -0.15) is 31.9 Å². The van der Waals surface area contributed by atoms with Gasteiger partial charge in [0.15, 0.2) is 0 Å². The van der Waals surface area contributed by atoms with Crippen molar-refractivity contribution in [3.05, 3.63) is 0 Å². The van der Waals surface area contributed by atoms with Crippen LogP contribution in [0.4, 0.5) is 0 Å². The topological polar surface area (TPSA) is 98.9 Å². The van der Waals surface area contributed by atoms with Crippen LogP contribution < -0.4 is 5.73 Å². The Morgan fingerprint density at radius 3 is 0.783 bits per heavy atom. The molecular formula is C51H129NO5S3. The van der Waals surface area contributed by atoms with Gasteiger partial charge in [-0.1, -0.05) is 251 Å². The van der Waals surface area contributed by atoms with E-state index in [2.05, 4.69) is 180 Å². The minimum atomic E-state index is -3.78. The lowest BCUT2D eigenvalue weighted by molar-refractivity contribution is 0.111. The smallest absolute Gasteiger partial charge is 0.265 e. The van der Waals surface area contributed by atoms with E-state index in [1.807, 2.05) is 11.8 Å². The molecule has 0 aromatic carbocycles. The molecule has 0 spiro atoms. The molecular weight excluding hydrogens is 803 g/mol. The third kappa shape index (κ3) is 419. The summed E-state index contributed by atoms with van der Waals surface area (Å²) in [6, 6.07) is 0. The van der Waals surface area contributed by atoms with Crippen LogP contribution in [0, 0.1) is 11.8 Å². The Morgan fingerprint density at radius 2 is 0.617 bits per heavy atom. The van der Waals surface area contributed by atoms with Gasteiger partial charge in [0, 0.05) is 44.5 Å². The molecule has 0 rings (SSSR count). The Hall–Kier alpha value is 0.490. The van der Waals surface area contributed by atoms with Gasteiger partial charge >= 0.3 is 0 Å². The summed E-state index contributed by atoms with van der Waals surface area (Å²) in [5.74, 6) is 4.61. The van der Waals surface area contributed by atoms with Crippen molar-refractivity contribution in [2.75, 3.05) is 61.7 Å². The summed E-state index contributed by atoms with van der Waals surface area (Å²) in [7, 11) is -3.78. The van der Waals surface area contributed by atoms with Gasteiger partial charge < -0.3 is 15.2 Å². The Kier molecular flexibility index (Phi) is 206. The number of hydrogen-bond donors (Lipinski definition) is 2. The van der Waals surface area contributed by atoms with Gasteiger partial charge in [0.1, 0.15) is 0 Å². The van der Waals surface area contributed by atoms with Gasteiger partial charge in [-0.15, -0.1) is 0 Å². The molecule has 0 bridgehead atoms. The van der Waals surface area contributed by atoms with E-state index in [4.69, 9.17) is 19.8 Å². The summed E-state index contributed by atoms with van der Waals surface area (Å²) < 4.78 is 40.0. The normalized spacial score (nSPS) is 8.57. The van der Waals surface area contributed by atoms with Crippen molar-refractivity contribution in [2.45, 2.75) is 263 Å². The molecule has 0 amide bonds. The second-order valence-electron chi connectivity index (χ2n) is 14.7. The van der Waals surface area contributed by atoms with Crippen LogP contribution in [0.1, 0.15) is 263 Å². The molecule has 6 nitrogen and oxygen atoms in total. The van der Waals surface area contributed by atoms with Crippen LogP contribution in [-0.4, -0.2) is 74.7 Å². The zero-order valence-corrected chi connectivity index (χ0v) is 49.7. The lowest BCUT2D eigenvalue weighted by Crippen LogP contribution is -2.07. The van der Waals surface area contributed by atoms with E-state index in [-0.39, 0.29) is 5.75 Å². The minimum Gasteiger partial charge on any atom is -0.381 e. The minimum absolute atomic E-state index is 0.162. The summed E-state index contributed by atoms with van der Waals surface area (Å²) >= 11 is 3.43. The van der Waals surface area contributed by atoms with Gasteiger partial charge in [-0.05, 0) is 36.2 Å². The van der Waals surface area contributed by atoms with Crippen molar-refractivity contribution < 1.29 is 22.4 Å². The quantitative estimate of drug-likeness (QED) is 0.110. The highest BCUT2D eigenvalue weighted by Crippen LogP contribution is 2.04. The van der Waals surface area contributed by atoms with Crippen LogP contribution in [-0.2, 0) is 19.6 Å². The molecule has 9 heteroatoms. The van der Waals surface area contributed by atoms with Gasteiger partial charge in [0.2, 0.25) is 0 Å². The molecule has 0 saturated carbocycles. The predicted molar refractivity (Wildman–Crippen MR) is 296 cm³/mol. The van der Waals surface area contributed by atoms with Crippen molar-refractivity contribution >= 4 is 33.6 Å². The van der Waals surface area contributed by atoms with Crippen LogP contribution in [0.3, 0.4) is 0 Å². The summed E-state index contributed by atoms with van der Waals surface area (Å²) in [5, 5.41) is 0. The molecule has 3 N–H and O–H groups in total. The van der Waals surface area contributed by atoms with Crippen LogP contribution in [0.2, 0.25) is 0 Å². The average Bonchev–Trinajstić information content (AvgIpc) is 3.13. The van der Waals surface area contributed by atoms with E-state index in [1.165, 1.54) is 88.1 Å². The summed E-state index contributed by atoms with van der Waals surface area (Å²) in [4.78, 5) is 0. The predicted octanol–water partition coefficient (Wildman–Crippen LogP) is 19.0. The summed E-state index contributed by atoms with van der Waals surface area (Å²) in [5.41, 5.74) is 5.36. The van der Waals surface area contributed by atoms with Gasteiger partial charge in [0.05, 0.1) is 5.75 Å². The maximum atomic E-state index is 10.4. The largest absolute Gasteiger partial charge is 0.381 e. The zero-order valence-electron chi connectivity index (χ0n) is 47.3. The first-order valence-electron chi connectivity index (χ1n) is 25.2. The number of thioether (sulfide) groups is 2. The molecule has 0 aliphatic carbocycles. The Bertz CT molecular complexity index is 517. The fourth-order valence-electron chi connectivity index (χ4n) is 1.62. The molecule has 0 unspecified atom stereocenters. The highest BCUT2D eigenvalue weighted by atomic mass is 32.2. The summed E-state index contributed by atoms with van der Waals surface area (Å²) in [6.45, 7) is 59.4. The van der Waals surface area contributed by atoms with Crippen molar-refractivity contribution in [2.24, 2.45) is 17.6 Å². The molecule has 0 atom stereocenters. The molecule has 0 radical (unpaired) electrons. The third-order valence-electron chi connectivity index (χ3n) is 2.80. The number of nitrogens with two attached hydrogens (primary N) is 1. The maximum Gasteiger partial charge on any atom is 0.265 e. The summed E-state index contributed by atoms with van der Waals surface area (Å²) in [6.07, 6.45) is 15.8. The molecule has 60 heavy (non-hydrogen) atoms. The third-order valence-corrected chi connectivity index (χ3v) is 5.96. The van der Waals surface area contributed by atoms with Crippen molar-refractivity contribution in [1.82, 2.24) is 0 Å². The van der Waals surface area contributed by atoms with Crippen LogP contribution in [0.25, 0.3) is 0 Å². The van der Waals surface area contributed by atoms with E-state index < -0.39 is 10.1 Å². The Morgan fingerprint density at radius 1 is 0.417 bits per heavy atom. The first-order valence-corrected chi connectivity index (χ1v) is 29.1. The molecule has 0 saturated heterocycles. The first-order chi connectivity index (χ1) is 28.2. The highest BCUT2D eigenvalue weighted by molar-refractivity contribution is 8.00. The van der Waals surface area contributed by atoms with Crippen LogP contribution in [0.5, 0.6) is 0 Å². The van der Waals surface area contributed by atoms with Crippen LogP contribution >= 0.6 is 23.5 Å². The SMILES string of the molecule is CC(C)COCCCSCCN.CC(C)COCCCSCCS(=O)(=O)O.CCC.CCC.CCC.CCC.CCC.CCC.CCC.CCC.CCC.CCC.CCC. The first kappa shape index (κ1) is 94.9. The molecule has 0 aromatic rings. The average molecular weight is 933 g/mol. The second-order valence-corrected chi connectivity index (χ2v) is 18.7. The fraction of sp³-hybridized carbons (Fsp3) is 1.00. The monoisotopic (exact) mass is 932 g/mol. The molecule has 0 aliphatic heterocycles. The number of rotatable bonds is 17.